The molecular formula is C14H15BBr2O2S. The van der Waals surface area contributed by atoms with Gasteiger partial charge in [0.15, 0.2) is 0 Å². The molecule has 106 valence electrons. The van der Waals surface area contributed by atoms with Gasteiger partial charge < -0.3 is 9.31 Å². The van der Waals surface area contributed by atoms with E-state index in [1.165, 1.54) is 10.1 Å². The van der Waals surface area contributed by atoms with E-state index in [0.717, 1.165) is 13.7 Å². The van der Waals surface area contributed by atoms with Crippen molar-refractivity contribution in [3.8, 4) is 0 Å². The van der Waals surface area contributed by atoms with Gasteiger partial charge in [-0.1, -0.05) is 15.9 Å². The van der Waals surface area contributed by atoms with Crippen molar-refractivity contribution in [2.24, 2.45) is 0 Å². The molecule has 0 aliphatic carbocycles. The highest BCUT2D eigenvalue weighted by Crippen LogP contribution is 2.39. The molecule has 0 bridgehead atoms. The molecule has 1 aromatic carbocycles. The molecule has 1 saturated heterocycles. The molecular weight excluding hydrogens is 403 g/mol. The zero-order valence-electron chi connectivity index (χ0n) is 11.8. The van der Waals surface area contributed by atoms with Crippen LogP contribution >= 0.6 is 43.2 Å². The Morgan fingerprint density at radius 1 is 1.00 bits per heavy atom. The summed E-state index contributed by atoms with van der Waals surface area (Å²) in [6.45, 7) is 8.30. The minimum absolute atomic E-state index is 0.295. The van der Waals surface area contributed by atoms with E-state index < -0.39 is 0 Å². The summed E-state index contributed by atoms with van der Waals surface area (Å²) >= 11 is 8.92. The number of hydrogen-bond acceptors (Lipinski definition) is 3. The quantitative estimate of drug-likeness (QED) is 0.625. The van der Waals surface area contributed by atoms with Crippen molar-refractivity contribution >= 4 is 65.2 Å². The number of hydrogen-bond donors (Lipinski definition) is 0. The predicted octanol–water partition coefficient (Wildman–Crippen LogP) is 4.73. The van der Waals surface area contributed by atoms with Crippen LogP contribution in [-0.4, -0.2) is 18.3 Å². The van der Waals surface area contributed by atoms with Crippen LogP contribution < -0.4 is 4.78 Å². The third kappa shape index (κ3) is 2.30. The zero-order chi connectivity index (χ0) is 14.7. The van der Waals surface area contributed by atoms with Crippen LogP contribution in [0.1, 0.15) is 27.7 Å². The monoisotopic (exact) mass is 416 g/mol. The first kappa shape index (κ1) is 15.0. The summed E-state index contributed by atoms with van der Waals surface area (Å²) in [6.07, 6.45) is 0. The van der Waals surface area contributed by atoms with Crippen LogP contribution in [0.2, 0.25) is 0 Å². The van der Waals surface area contributed by atoms with Crippen LogP contribution in [0.3, 0.4) is 0 Å². The van der Waals surface area contributed by atoms with Gasteiger partial charge >= 0.3 is 7.12 Å². The normalized spacial score (nSPS) is 20.8. The fourth-order valence-electron chi connectivity index (χ4n) is 2.15. The number of rotatable bonds is 1. The van der Waals surface area contributed by atoms with Gasteiger partial charge in [-0.2, -0.15) is 0 Å². The molecule has 6 heteroatoms. The minimum Gasteiger partial charge on any atom is -0.399 e. The van der Waals surface area contributed by atoms with Crippen molar-refractivity contribution in [2.75, 3.05) is 0 Å². The van der Waals surface area contributed by atoms with Crippen LogP contribution in [-0.2, 0) is 9.31 Å². The summed E-state index contributed by atoms with van der Waals surface area (Å²) in [6, 6.07) is 6.25. The standard InChI is InChI=1S/C14H15BBr2O2S/c1-13(2)14(3,4)19-15(18-13)11-7-8-9(16)5-6-10(17)12(8)20-11/h5-7H,1-4H3. The van der Waals surface area contributed by atoms with Crippen molar-refractivity contribution in [1.82, 2.24) is 0 Å². The molecule has 0 unspecified atom stereocenters. The Morgan fingerprint density at radius 2 is 1.55 bits per heavy atom. The van der Waals surface area contributed by atoms with Gasteiger partial charge in [0.2, 0.25) is 0 Å². The summed E-state index contributed by atoms with van der Waals surface area (Å²) in [4.78, 5) is 0. The Kier molecular flexibility index (Phi) is 3.62. The molecule has 0 atom stereocenters. The molecule has 1 aromatic heterocycles. The summed E-state index contributed by atoms with van der Waals surface area (Å²) in [5.74, 6) is 0. The fraction of sp³-hybridized carbons (Fsp3) is 0.429. The van der Waals surface area contributed by atoms with E-state index in [0.29, 0.717) is 0 Å². The van der Waals surface area contributed by atoms with Crippen LogP contribution in [0, 0.1) is 0 Å². The first-order valence-corrected chi connectivity index (χ1v) is 8.85. The lowest BCUT2D eigenvalue weighted by atomic mass is 9.87. The van der Waals surface area contributed by atoms with Gasteiger partial charge in [0.05, 0.1) is 11.2 Å². The summed E-state index contributed by atoms with van der Waals surface area (Å²) in [5.41, 5.74) is -0.607. The number of thiophene rings is 1. The Morgan fingerprint density at radius 3 is 2.10 bits per heavy atom. The van der Waals surface area contributed by atoms with Gasteiger partial charge in [-0.05, 0) is 61.8 Å². The van der Waals surface area contributed by atoms with Gasteiger partial charge in [0.25, 0.3) is 0 Å². The maximum atomic E-state index is 6.12. The topological polar surface area (TPSA) is 18.5 Å². The van der Waals surface area contributed by atoms with Crippen molar-refractivity contribution in [2.45, 2.75) is 38.9 Å². The summed E-state index contributed by atoms with van der Waals surface area (Å²) in [5, 5.41) is 1.19. The number of fused-ring (bicyclic) bond motifs is 1. The van der Waals surface area contributed by atoms with Crippen molar-refractivity contribution in [1.29, 1.82) is 0 Å². The Bertz CT molecular complexity index is 626. The SMILES string of the molecule is CC1(C)OB(c2cc3c(Br)ccc(Br)c3s2)OC1(C)C. The second kappa shape index (κ2) is 4.81. The molecule has 1 fully saturated rings. The second-order valence-corrected chi connectivity index (χ2v) is 8.80. The third-order valence-corrected chi connectivity index (χ3v) is 6.89. The molecule has 0 N–H and O–H groups in total. The maximum Gasteiger partial charge on any atom is 0.505 e. The molecule has 0 radical (unpaired) electrons. The van der Waals surface area contributed by atoms with Gasteiger partial charge in [-0.25, -0.2) is 0 Å². The first-order valence-electron chi connectivity index (χ1n) is 6.44. The highest BCUT2D eigenvalue weighted by atomic mass is 79.9. The van der Waals surface area contributed by atoms with E-state index in [1.54, 1.807) is 11.3 Å². The average molecular weight is 418 g/mol. The maximum absolute atomic E-state index is 6.12. The average Bonchev–Trinajstić information content (AvgIpc) is 2.86. The molecule has 2 aromatic rings. The van der Waals surface area contributed by atoms with Crippen LogP contribution in [0.5, 0.6) is 0 Å². The minimum atomic E-state index is -0.303. The second-order valence-electron chi connectivity index (χ2n) is 6.01. The molecule has 3 rings (SSSR count). The van der Waals surface area contributed by atoms with E-state index >= 15 is 0 Å². The van der Waals surface area contributed by atoms with Gasteiger partial charge in [0, 0.05) is 23.8 Å². The predicted molar refractivity (Wildman–Crippen MR) is 92.9 cm³/mol. The lowest BCUT2D eigenvalue weighted by molar-refractivity contribution is 0.00578. The highest BCUT2D eigenvalue weighted by molar-refractivity contribution is 9.11. The first-order chi connectivity index (χ1) is 9.21. The molecule has 1 aliphatic rings. The Labute approximate surface area is 140 Å². The number of halogens is 2. The third-order valence-electron chi connectivity index (χ3n) is 4.09. The largest absolute Gasteiger partial charge is 0.505 e. The number of benzene rings is 1. The van der Waals surface area contributed by atoms with Crippen LogP contribution in [0.15, 0.2) is 27.1 Å². The summed E-state index contributed by atoms with van der Waals surface area (Å²) in [7, 11) is -0.295. The molecule has 20 heavy (non-hydrogen) atoms. The van der Waals surface area contributed by atoms with Gasteiger partial charge in [-0.3, -0.25) is 0 Å². The molecule has 2 heterocycles. The lowest BCUT2D eigenvalue weighted by Crippen LogP contribution is -2.41. The Hall–Kier alpha value is 0.125. The van der Waals surface area contributed by atoms with E-state index in [2.05, 4.69) is 71.7 Å². The molecule has 0 amide bonds. The van der Waals surface area contributed by atoms with Gasteiger partial charge in [0.1, 0.15) is 0 Å². The van der Waals surface area contributed by atoms with E-state index in [1.807, 2.05) is 6.07 Å². The molecule has 0 spiro atoms. The lowest BCUT2D eigenvalue weighted by Gasteiger charge is -2.32. The van der Waals surface area contributed by atoms with Crippen molar-refractivity contribution < 1.29 is 9.31 Å². The van der Waals surface area contributed by atoms with Crippen molar-refractivity contribution in [3.05, 3.63) is 27.1 Å². The van der Waals surface area contributed by atoms with Crippen molar-refractivity contribution in [3.63, 3.8) is 0 Å². The van der Waals surface area contributed by atoms with Crippen LogP contribution in [0.4, 0.5) is 0 Å². The fourth-order valence-corrected chi connectivity index (χ4v) is 4.37. The van der Waals surface area contributed by atoms with E-state index in [4.69, 9.17) is 9.31 Å². The molecule has 0 saturated carbocycles. The summed E-state index contributed by atoms with van der Waals surface area (Å²) < 4.78 is 16.7. The highest BCUT2D eigenvalue weighted by Gasteiger charge is 2.52. The smallest absolute Gasteiger partial charge is 0.399 e. The van der Waals surface area contributed by atoms with Crippen LogP contribution in [0.25, 0.3) is 10.1 Å². The Balaban J connectivity index is 2.05. The zero-order valence-corrected chi connectivity index (χ0v) is 15.8. The molecule has 2 nitrogen and oxygen atoms in total. The molecule has 1 aliphatic heterocycles. The van der Waals surface area contributed by atoms with E-state index in [9.17, 15) is 0 Å². The van der Waals surface area contributed by atoms with E-state index in [-0.39, 0.29) is 18.3 Å². The van der Waals surface area contributed by atoms with Gasteiger partial charge in [-0.15, -0.1) is 11.3 Å².